The van der Waals surface area contributed by atoms with Crippen LogP contribution in [-0.2, 0) is 0 Å². The fourth-order valence-electron chi connectivity index (χ4n) is 2.37. The Bertz CT molecular complexity index is 625. The number of hydrogen-bond donors (Lipinski definition) is 3. The molecule has 0 saturated carbocycles. The first-order valence-electron chi connectivity index (χ1n) is 7.38. The number of hydrogen-bond acceptors (Lipinski definition) is 3. The van der Waals surface area contributed by atoms with Gasteiger partial charge in [-0.25, -0.2) is 0 Å². The van der Waals surface area contributed by atoms with Crippen LogP contribution < -0.4 is 5.32 Å². The molecule has 0 spiro atoms. The molecule has 0 radical (unpaired) electrons. The van der Waals surface area contributed by atoms with Crippen molar-refractivity contribution in [1.29, 1.82) is 0 Å². The maximum absolute atomic E-state index is 12.4. The lowest BCUT2D eigenvalue weighted by Gasteiger charge is -2.19. The SMILES string of the molecule is Cc1ccc(O)c(C(=O)NC(CCCO)c2ccccc2)c1. The van der Waals surface area contributed by atoms with E-state index in [1.165, 1.54) is 6.07 Å². The first-order chi connectivity index (χ1) is 10.6. The Labute approximate surface area is 130 Å². The second-order valence-electron chi connectivity index (χ2n) is 5.32. The minimum Gasteiger partial charge on any atom is -0.507 e. The standard InChI is InChI=1S/C18H21NO3/c1-13-9-10-17(21)15(12-13)18(22)19-16(8-5-11-20)14-6-3-2-4-7-14/h2-4,6-7,9-10,12,16,20-21H,5,8,11H2,1H3,(H,19,22). The summed E-state index contributed by atoms with van der Waals surface area (Å²) in [6.45, 7) is 1.95. The van der Waals surface area contributed by atoms with Crippen molar-refractivity contribution in [3.63, 3.8) is 0 Å². The number of aryl methyl sites for hydroxylation is 1. The van der Waals surface area contributed by atoms with Crippen molar-refractivity contribution in [2.75, 3.05) is 6.61 Å². The van der Waals surface area contributed by atoms with E-state index in [1.807, 2.05) is 37.3 Å². The zero-order valence-electron chi connectivity index (χ0n) is 12.6. The van der Waals surface area contributed by atoms with Crippen molar-refractivity contribution in [2.45, 2.75) is 25.8 Å². The summed E-state index contributed by atoms with van der Waals surface area (Å²) in [6.07, 6.45) is 1.23. The average molecular weight is 299 g/mol. The van der Waals surface area contributed by atoms with Gasteiger partial charge in [-0.1, -0.05) is 42.0 Å². The van der Waals surface area contributed by atoms with Crippen LogP contribution in [0.15, 0.2) is 48.5 Å². The number of aliphatic hydroxyl groups is 1. The summed E-state index contributed by atoms with van der Waals surface area (Å²) >= 11 is 0. The van der Waals surface area contributed by atoms with E-state index in [0.29, 0.717) is 12.8 Å². The molecule has 22 heavy (non-hydrogen) atoms. The van der Waals surface area contributed by atoms with Crippen molar-refractivity contribution in [3.8, 4) is 5.75 Å². The normalized spacial score (nSPS) is 11.9. The topological polar surface area (TPSA) is 69.6 Å². The smallest absolute Gasteiger partial charge is 0.255 e. The number of amides is 1. The molecule has 1 unspecified atom stereocenters. The van der Waals surface area contributed by atoms with Crippen LogP contribution in [0.4, 0.5) is 0 Å². The van der Waals surface area contributed by atoms with Crippen LogP contribution in [-0.4, -0.2) is 22.7 Å². The first-order valence-corrected chi connectivity index (χ1v) is 7.38. The van der Waals surface area contributed by atoms with Crippen LogP contribution >= 0.6 is 0 Å². The van der Waals surface area contributed by atoms with E-state index >= 15 is 0 Å². The van der Waals surface area contributed by atoms with E-state index in [4.69, 9.17) is 5.11 Å². The molecule has 4 heteroatoms. The fraction of sp³-hybridized carbons (Fsp3) is 0.278. The molecule has 4 nitrogen and oxygen atoms in total. The van der Waals surface area contributed by atoms with E-state index in [0.717, 1.165) is 11.1 Å². The molecule has 0 bridgehead atoms. The molecule has 0 aliphatic heterocycles. The van der Waals surface area contributed by atoms with Gasteiger partial charge < -0.3 is 15.5 Å². The average Bonchev–Trinajstić information content (AvgIpc) is 2.54. The van der Waals surface area contributed by atoms with Gasteiger partial charge in [0, 0.05) is 6.61 Å². The molecule has 2 rings (SSSR count). The summed E-state index contributed by atoms with van der Waals surface area (Å²) in [7, 11) is 0. The second-order valence-corrected chi connectivity index (χ2v) is 5.32. The van der Waals surface area contributed by atoms with E-state index in [-0.39, 0.29) is 29.9 Å². The number of benzene rings is 2. The van der Waals surface area contributed by atoms with Gasteiger partial charge in [0.25, 0.3) is 5.91 Å². The van der Waals surface area contributed by atoms with Gasteiger partial charge in [-0.05, 0) is 37.5 Å². The van der Waals surface area contributed by atoms with Gasteiger partial charge in [0.1, 0.15) is 5.75 Å². The van der Waals surface area contributed by atoms with E-state index in [9.17, 15) is 9.90 Å². The highest BCUT2D eigenvalue weighted by Crippen LogP contribution is 2.22. The van der Waals surface area contributed by atoms with Crippen LogP contribution in [0.3, 0.4) is 0 Å². The molecule has 3 N–H and O–H groups in total. The molecular formula is C18H21NO3. The minimum atomic E-state index is -0.312. The highest BCUT2D eigenvalue weighted by Gasteiger charge is 2.17. The van der Waals surface area contributed by atoms with Gasteiger partial charge in [-0.2, -0.15) is 0 Å². The van der Waals surface area contributed by atoms with Gasteiger partial charge in [0.2, 0.25) is 0 Å². The number of carbonyl (C=O) groups is 1. The summed E-state index contributed by atoms with van der Waals surface area (Å²) < 4.78 is 0. The lowest BCUT2D eigenvalue weighted by atomic mass is 10.0. The maximum Gasteiger partial charge on any atom is 0.255 e. The Kier molecular flexibility index (Phi) is 5.55. The summed E-state index contributed by atoms with van der Waals surface area (Å²) in [5, 5.41) is 21.8. The zero-order valence-corrected chi connectivity index (χ0v) is 12.6. The third kappa shape index (κ3) is 4.09. The summed E-state index contributed by atoms with van der Waals surface area (Å²) in [4.78, 5) is 12.4. The Morgan fingerprint density at radius 2 is 1.91 bits per heavy atom. The Morgan fingerprint density at radius 1 is 1.18 bits per heavy atom. The number of aromatic hydroxyl groups is 1. The predicted octanol–water partition coefficient (Wildman–Crippen LogP) is 2.94. The summed E-state index contributed by atoms with van der Waals surface area (Å²) in [5.41, 5.74) is 2.16. The largest absolute Gasteiger partial charge is 0.507 e. The van der Waals surface area contributed by atoms with Gasteiger partial charge in [-0.15, -0.1) is 0 Å². The maximum atomic E-state index is 12.4. The van der Waals surface area contributed by atoms with Crippen molar-refractivity contribution >= 4 is 5.91 Å². The molecular weight excluding hydrogens is 278 g/mol. The lowest BCUT2D eigenvalue weighted by molar-refractivity contribution is 0.0929. The number of rotatable bonds is 6. The summed E-state index contributed by atoms with van der Waals surface area (Å²) in [6, 6.07) is 14.4. The molecule has 1 atom stereocenters. The van der Waals surface area contributed by atoms with Gasteiger partial charge >= 0.3 is 0 Å². The predicted molar refractivity (Wildman–Crippen MR) is 85.8 cm³/mol. The van der Waals surface area contributed by atoms with E-state index in [1.54, 1.807) is 12.1 Å². The second kappa shape index (κ2) is 7.61. The number of carbonyl (C=O) groups excluding carboxylic acids is 1. The minimum absolute atomic E-state index is 0.0305. The van der Waals surface area contributed by atoms with Crippen molar-refractivity contribution < 1.29 is 15.0 Å². The highest BCUT2D eigenvalue weighted by molar-refractivity contribution is 5.97. The van der Waals surface area contributed by atoms with E-state index in [2.05, 4.69) is 5.32 Å². The van der Waals surface area contributed by atoms with Gasteiger partial charge in [-0.3, -0.25) is 4.79 Å². The molecule has 0 saturated heterocycles. The molecule has 0 heterocycles. The Morgan fingerprint density at radius 3 is 2.59 bits per heavy atom. The van der Waals surface area contributed by atoms with Crippen LogP contribution in [0, 0.1) is 6.92 Å². The molecule has 1 amide bonds. The van der Waals surface area contributed by atoms with Crippen LogP contribution in [0.5, 0.6) is 5.75 Å². The van der Waals surface area contributed by atoms with E-state index < -0.39 is 0 Å². The third-order valence-electron chi connectivity index (χ3n) is 3.55. The third-order valence-corrected chi connectivity index (χ3v) is 3.55. The number of phenolic OH excluding ortho intramolecular Hbond substituents is 1. The number of phenols is 1. The fourth-order valence-corrected chi connectivity index (χ4v) is 2.37. The summed E-state index contributed by atoms with van der Waals surface area (Å²) in [5.74, 6) is -0.343. The number of aliphatic hydroxyl groups excluding tert-OH is 1. The quantitative estimate of drug-likeness (QED) is 0.768. The molecule has 0 aromatic heterocycles. The molecule has 116 valence electrons. The van der Waals surface area contributed by atoms with Gasteiger partial charge in [0.05, 0.1) is 11.6 Å². The Balaban J connectivity index is 2.19. The lowest BCUT2D eigenvalue weighted by Crippen LogP contribution is -2.29. The van der Waals surface area contributed by atoms with Crippen molar-refractivity contribution in [2.24, 2.45) is 0 Å². The van der Waals surface area contributed by atoms with Crippen molar-refractivity contribution in [1.82, 2.24) is 5.32 Å². The van der Waals surface area contributed by atoms with Crippen LogP contribution in [0.25, 0.3) is 0 Å². The van der Waals surface area contributed by atoms with Crippen molar-refractivity contribution in [3.05, 3.63) is 65.2 Å². The molecule has 0 aliphatic rings. The molecule has 2 aromatic carbocycles. The zero-order chi connectivity index (χ0) is 15.9. The molecule has 0 fully saturated rings. The Hall–Kier alpha value is -2.33. The monoisotopic (exact) mass is 299 g/mol. The van der Waals surface area contributed by atoms with Gasteiger partial charge in [0.15, 0.2) is 0 Å². The molecule has 2 aromatic rings. The molecule has 0 aliphatic carbocycles. The first kappa shape index (κ1) is 16.0. The number of nitrogens with one attached hydrogen (secondary N) is 1. The van der Waals surface area contributed by atoms with Crippen LogP contribution in [0.2, 0.25) is 0 Å². The highest BCUT2D eigenvalue weighted by atomic mass is 16.3. The van der Waals surface area contributed by atoms with Crippen LogP contribution in [0.1, 0.15) is 40.4 Å².